The molecule has 0 amide bonds. The molecule has 0 radical (unpaired) electrons. The van der Waals surface area contributed by atoms with Gasteiger partial charge in [-0.2, -0.15) is 0 Å². The topological polar surface area (TPSA) is 43.4 Å². The van der Waals surface area contributed by atoms with E-state index in [0.717, 1.165) is 5.56 Å². The van der Waals surface area contributed by atoms with Gasteiger partial charge in [-0.15, -0.1) is 0 Å². The van der Waals surface area contributed by atoms with Gasteiger partial charge in [0, 0.05) is 5.56 Å². The molecule has 0 heterocycles. The monoisotopic (exact) mass is 282 g/mol. The van der Waals surface area contributed by atoms with Crippen molar-refractivity contribution in [2.45, 2.75) is 19.3 Å². The normalized spacial score (nSPS) is 11.0. The van der Waals surface area contributed by atoms with E-state index in [1.165, 1.54) is 7.11 Å². The summed E-state index contributed by atoms with van der Waals surface area (Å²) < 4.78 is 4.65. The van der Waals surface area contributed by atoms with Gasteiger partial charge in [-0.1, -0.05) is 42.5 Å². The molecular weight excluding hydrogens is 264 g/mol. The number of carbonyl (C=O) groups is 2. The van der Waals surface area contributed by atoms with Crippen molar-refractivity contribution in [3.8, 4) is 0 Å². The van der Waals surface area contributed by atoms with Gasteiger partial charge in [0.1, 0.15) is 0 Å². The van der Waals surface area contributed by atoms with E-state index in [0.29, 0.717) is 11.1 Å². The minimum Gasteiger partial charge on any atom is -0.465 e. The summed E-state index contributed by atoms with van der Waals surface area (Å²) in [6.45, 7) is 3.80. The van der Waals surface area contributed by atoms with Gasteiger partial charge in [0.05, 0.1) is 18.1 Å². The van der Waals surface area contributed by atoms with Crippen molar-refractivity contribution in [1.82, 2.24) is 0 Å². The van der Waals surface area contributed by atoms with Gasteiger partial charge in [-0.05, 0) is 31.5 Å². The number of hydrogen-bond acceptors (Lipinski definition) is 3. The third-order valence-electron chi connectivity index (χ3n) is 3.63. The van der Waals surface area contributed by atoms with Crippen LogP contribution in [0.3, 0.4) is 0 Å². The van der Waals surface area contributed by atoms with E-state index >= 15 is 0 Å². The van der Waals surface area contributed by atoms with Crippen LogP contribution in [0.15, 0.2) is 54.6 Å². The lowest BCUT2D eigenvalue weighted by Crippen LogP contribution is -2.29. The summed E-state index contributed by atoms with van der Waals surface area (Å²) in [7, 11) is 1.33. The predicted octanol–water partition coefficient (Wildman–Crippen LogP) is 3.63. The molecule has 0 saturated heterocycles. The summed E-state index contributed by atoms with van der Waals surface area (Å²) in [6, 6.07) is 16.2. The Kier molecular flexibility index (Phi) is 4.22. The summed E-state index contributed by atoms with van der Waals surface area (Å²) in [6.07, 6.45) is 0. The Bertz CT molecular complexity index is 640. The van der Waals surface area contributed by atoms with E-state index < -0.39 is 11.4 Å². The van der Waals surface area contributed by atoms with Crippen LogP contribution in [0.4, 0.5) is 0 Å². The maximum absolute atomic E-state index is 12.7. The van der Waals surface area contributed by atoms with Gasteiger partial charge in [-0.25, -0.2) is 4.79 Å². The van der Waals surface area contributed by atoms with Crippen LogP contribution in [0.1, 0.15) is 40.1 Å². The first-order valence-electron chi connectivity index (χ1n) is 6.75. The first-order valence-corrected chi connectivity index (χ1v) is 6.75. The highest BCUT2D eigenvalue weighted by Gasteiger charge is 2.30. The largest absolute Gasteiger partial charge is 0.465 e. The van der Waals surface area contributed by atoms with E-state index in [-0.39, 0.29) is 5.78 Å². The first-order chi connectivity index (χ1) is 9.96. The average molecular weight is 282 g/mol. The van der Waals surface area contributed by atoms with Crippen LogP contribution < -0.4 is 0 Å². The Morgan fingerprint density at radius 1 is 0.857 bits per heavy atom. The fourth-order valence-corrected chi connectivity index (χ4v) is 2.22. The van der Waals surface area contributed by atoms with E-state index in [4.69, 9.17) is 0 Å². The van der Waals surface area contributed by atoms with Crippen molar-refractivity contribution in [3.63, 3.8) is 0 Å². The summed E-state index contributed by atoms with van der Waals surface area (Å²) in [5.74, 6) is -0.388. The van der Waals surface area contributed by atoms with E-state index in [2.05, 4.69) is 4.74 Å². The van der Waals surface area contributed by atoms with Crippen molar-refractivity contribution >= 4 is 11.8 Å². The Morgan fingerprint density at radius 2 is 1.38 bits per heavy atom. The smallest absolute Gasteiger partial charge is 0.337 e. The van der Waals surface area contributed by atoms with Crippen LogP contribution in [0.25, 0.3) is 0 Å². The number of Topliss-reactive ketones (excluding diaryl/α,β-unsaturated/α-hetero) is 1. The molecule has 0 saturated carbocycles. The quantitative estimate of drug-likeness (QED) is 0.635. The predicted molar refractivity (Wildman–Crippen MR) is 81.6 cm³/mol. The first kappa shape index (κ1) is 15.0. The Balaban J connectivity index is 2.29. The highest BCUT2D eigenvalue weighted by Crippen LogP contribution is 2.27. The number of ether oxygens (including phenoxy) is 1. The number of rotatable bonds is 4. The van der Waals surface area contributed by atoms with Crippen LogP contribution in [-0.4, -0.2) is 18.9 Å². The highest BCUT2D eigenvalue weighted by molar-refractivity contribution is 6.04. The Labute approximate surface area is 124 Å². The van der Waals surface area contributed by atoms with Crippen molar-refractivity contribution in [2.75, 3.05) is 7.11 Å². The van der Waals surface area contributed by atoms with Gasteiger partial charge in [0.15, 0.2) is 5.78 Å². The fraction of sp³-hybridized carbons (Fsp3) is 0.222. The van der Waals surface area contributed by atoms with Gasteiger partial charge in [0.2, 0.25) is 0 Å². The fourth-order valence-electron chi connectivity index (χ4n) is 2.22. The number of carbonyl (C=O) groups excluding carboxylic acids is 2. The second-order valence-corrected chi connectivity index (χ2v) is 5.39. The second-order valence-electron chi connectivity index (χ2n) is 5.39. The van der Waals surface area contributed by atoms with Crippen molar-refractivity contribution in [3.05, 3.63) is 71.3 Å². The zero-order chi connectivity index (χ0) is 15.5. The van der Waals surface area contributed by atoms with E-state index in [1.54, 1.807) is 24.3 Å². The second kappa shape index (κ2) is 5.92. The molecule has 108 valence electrons. The maximum atomic E-state index is 12.7. The molecule has 2 aromatic rings. The molecule has 0 spiro atoms. The molecule has 0 fully saturated rings. The highest BCUT2D eigenvalue weighted by atomic mass is 16.5. The summed E-state index contributed by atoms with van der Waals surface area (Å²) in [5.41, 5.74) is 1.36. The molecule has 0 aliphatic carbocycles. The summed E-state index contributed by atoms with van der Waals surface area (Å²) in [4.78, 5) is 24.1. The molecule has 3 heteroatoms. The molecule has 0 N–H and O–H groups in total. The minimum atomic E-state index is -0.617. The van der Waals surface area contributed by atoms with Gasteiger partial charge in [-0.3, -0.25) is 4.79 Å². The molecule has 0 aromatic heterocycles. The summed E-state index contributed by atoms with van der Waals surface area (Å²) >= 11 is 0. The van der Waals surface area contributed by atoms with Gasteiger partial charge in [0.25, 0.3) is 0 Å². The molecule has 21 heavy (non-hydrogen) atoms. The third-order valence-corrected chi connectivity index (χ3v) is 3.63. The van der Waals surface area contributed by atoms with Crippen LogP contribution in [0.5, 0.6) is 0 Å². The number of esters is 1. The molecule has 0 unspecified atom stereocenters. The molecular formula is C18H18O3. The van der Waals surface area contributed by atoms with Crippen LogP contribution in [0.2, 0.25) is 0 Å². The van der Waals surface area contributed by atoms with Gasteiger partial charge >= 0.3 is 5.97 Å². The maximum Gasteiger partial charge on any atom is 0.337 e. The Hall–Kier alpha value is -2.42. The number of ketones is 1. The van der Waals surface area contributed by atoms with Crippen molar-refractivity contribution in [1.29, 1.82) is 0 Å². The lowest BCUT2D eigenvalue weighted by molar-refractivity contribution is 0.0600. The van der Waals surface area contributed by atoms with Crippen LogP contribution in [0, 0.1) is 0 Å². The molecule has 0 atom stereocenters. The molecule has 2 aromatic carbocycles. The SMILES string of the molecule is COC(=O)c1ccc(C(=O)C(C)(C)c2ccccc2)cc1. The van der Waals surface area contributed by atoms with E-state index in [9.17, 15) is 9.59 Å². The third kappa shape index (κ3) is 3.02. The van der Waals surface area contributed by atoms with Crippen LogP contribution in [-0.2, 0) is 10.2 Å². The van der Waals surface area contributed by atoms with Crippen molar-refractivity contribution in [2.24, 2.45) is 0 Å². The standard InChI is InChI=1S/C18H18O3/c1-18(2,15-7-5-4-6-8-15)16(19)13-9-11-14(12-10-13)17(20)21-3/h4-12H,1-3H3. The van der Waals surface area contributed by atoms with E-state index in [1.807, 2.05) is 44.2 Å². The number of benzene rings is 2. The van der Waals surface area contributed by atoms with Crippen molar-refractivity contribution < 1.29 is 14.3 Å². The van der Waals surface area contributed by atoms with Gasteiger partial charge < -0.3 is 4.74 Å². The zero-order valence-electron chi connectivity index (χ0n) is 12.4. The lowest BCUT2D eigenvalue weighted by atomic mass is 9.78. The Morgan fingerprint density at radius 3 is 1.90 bits per heavy atom. The molecule has 3 nitrogen and oxygen atoms in total. The lowest BCUT2D eigenvalue weighted by Gasteiger charge is -2.23. The number of methoxy groups -OCH3 is 1. The molecule has 2 rings (SSSR count). The summed E-state index contributed by atoms with van der Waals surface area (Å²) in [5, 5.41) is 0. The average Bonchev–Trinajstić information content (AvgIpc) is 2.54. The molecule has 0 aliphatic rings. The minimum absolute atomic E-state index is 0.0186. The molecule has 0 bridgehead atoms. The zero-order valence-corrected chi connectivity index (χ0v) is 12.4. The number of hydrogen-bond donors (Lipinski definition) is 0. The van der Waals surface area contributed by atoms with Crippen LogP contribution >= 0.6 is 0 Å². The molecule has 0 aliphatic heterocycles.